The Balaban J connectivity index is 2.06. The third kappa shape index (κ3) is 3.67. The lowest BCUT2D eigenvalue weighted by Crippen LogP contribution is -2.07. The van der Waals surface area contributed by atoms with Crippen molar-refractivity contribution in [3.05, 3.63) is 42.2 Å². The van der Waals surface area contributed by atoms with Gasteiger partial charge in [-0.05, 0) is 19.1 Å². The first kappa shape index (κ1) is 13.3. The van der Waals surface area contributed by atoms with E-state index < -0.39 is 6.61 Å². The Morgan fingerprint density at radius 3 is 2.79 bits per heavy atom. The smallest absolute Gasteiger partial charge is 0.387 e. The van der Waals surface area contributed by atoms with Crippen LogP contribution in [0.4, 0.5) is 14.5 Å². The molecule has 19 heavy (non-hydrogen) atoms. The lowest BCUT2D eigenvalue weighted by molar-refractivity contribution is -0.0498. The van der Waals surface area contributed by atoms with Gasteiger partial charge in [-0.2, -0.15) is 13.9 Å². The van der Waals surface area contributed by atoms with Gasteiger partial charge in [0.25, 0.3) is 0 Å². The van der Waals surface area contributed by atoms with E-state index in [2.05, 4.69) is 15.2 Å². The zero-order chi connectivity index (χ0) is 13.8. The Labute approximate surface area is 110 Å². The summed E-state index contributed by atoms with van der Waals surface area (Å²) in [4.78, 5) is 0. The molecule has 1 atom stereocenters. The Kier molecular flexibility index (Phi) is 3.99. The van der Waals surface area contributed by atoms with Crippen LogP contribution in [-0.2, 0) is 7.05 Å². The van der Waals surface area contributed by atoms with Gasteiger partial charge in [-0.25, -0.2) is 0 Å². The van der Waals surface area contributed by atoms with E-state index in [1.54, 1.807) is 29.1 Å². The summed E-state index contributed by atoms with van der Waals surface area (Å²) < 4.78 is 30.3. The molecule has 0 saturated carbocycles. The fraction of sp³-hybridized carbons (Fsp3) is 0.308. The summed E-state index contributed by atoms with van der Waals surface area (Å²) in [6, 6.07) is 6.52. The normalized spacial score (nSPS) is 12.5. The molecule has 0 radical (unpaired) electrons. The van der Waals surface area contributed by atoms with Crippen LogP contribution in [-0.4, -0.2) is 16.4 Å². The first-order chi connectivity index (χ1) is 9.04. The highest BCUT2D eigenvalue weighted by Crippen LogP contribution is 2.23. The standard InChI is InChI=1S/C13H15F2N3O/c1-9(10-7-16-18(2)8-10)17-11-4-3-5-12(6-11)19-13(14)15/h3-9,13,17H,1-2H3. The van der Waals surface area contributed by atoms with Crippen molar-refractivity contribution in [3.8, 4) is 5.75 Å². The summed E-state index contributed by atoms with van der Waals surface area (Å²) in [5, 5.41) is 7.30. The van der Waals surface area contributed by atoms with Crippen LogP contribution in [0, 0.1) is 0 Å². The number of aryl methyl sites for hydroxylation is 1. The molecule has 0 saturated heterocycles. The predicted octanol–water partition coefficient (Wildman–Crippen LogP) is 3.19. The fourth-order valence-electron chi connectivity index (χ4n) is 1.76. The van der Waals surface area contributed by atoms with E-state index in [1.807, 2.05) is 20.2 Å². The molecule has 1 aromatic carbocycles. The molecule has 0 fully saturated rings. The molecular formula is C13H15F2N3O. The third-order valence-electron chi connectivity index (χ3n) is 2.67. The largest absolute Gasteiger partial charge is 0.435 e. The van der Waals surface area contributed by atoms with Crippen LogP contribution >= 0.6 is 0 Å². The Bertz CT molecular complexity index is 542. The number of halogens is 2. The zero-order valence-electron chi connectivity index (χ0n) is 10.7. The highest BCUT2D eigenvalue weighted by Gasteiger charge is 2.09. The monoisotopic (exact) mass is 267 g/mol. The van der Waals surface area contributed by atoms with Crippen LogP contribution in [0.25, 0.3) is 0 Å². The summed E-state index contributed by atoms with van der Waals surface area (Å²) in [6.07, 6.45) is 3.66. The number of ether oxygens (including phenoxy) is 1. The average Bonchev–Trinajstić information content (AvgIpc) is 2.75. The molecule has 2 rings (SSSR count). The molecule has 0 spiro atoms. The molecule has 1 N–H and O–H groups in total. The number of hydrogen-bond acceptors (Lipinski definition) is 3. The molecule has 102 valence electrons. The van der Waals surface area contributed by atoms with E-state index >= 15 is 0 Å². The van der Waals surface area contributed by atoms with Crippen LogP contribution in [0.5, 0.6) is 5.75 Å². The van der Waals surface area contributed by atoms with Crippen LogP contribution in [0.3, 0.4) is 0 Å². The van der Waals surface area contributed by atoms with Gasteiger partial charge in [0.1, 0.15) is 5.75 Å². The van der Waals surface area contributed by atoms with Crippen molar-refractivity contribution in [2.24, 2.45) is 7.05 Å². The Morgan fingerprint density at radius 2 is 2.16 bits per heavy atom. The highest BCUT2D eigenvalue weighted by molar-refractivity contribution is 5.49. The molecular weight excluding hydrogens is 252 g/mol. The Morgan fingerprint density at radius 1 is 1.37 bits per heavy atom. The maximum Gasteiger partial charge on any atom is 0.387 e. The van der Waals surface area contributed by atoms with Crippen LogP contribution in [0.1, 0.15) is 18.5 Å². The number of alkyl halides is 2. The van der Waals surface area contributed by atoms with Crippen molar-refractivity contribution in [1.29, 1.82) is 0 Å². The number of nitrogens with one attached hydrogen (secondary N) is 1. The molecule has 2 aromatic rings. The van der Waals surface area contributed by atoms with Gasteiger partial charge in [-0.15, -0.1) is 0 Å². The Hall–Kier alpha value is -2.11. The minimum Gasteiger partial charge on any atom is -0.435 e. The maximum absolute atomic E-state index is 12.1. The van der Waals surface area contributed by atoms with E-state index in [0.717, 1.165) is 11.3 Å². The lowest BCUT2D eigenvalue weighted by Gasteiger charge is -2.14. The lowest BCUT2D eigenvalue weighted by atomic mass is 10.2. The molecule has 0 bridgehead atoms. The maximum atomic E-state index is 12.1. The summed E-state index contributed by atoms with van der Waals surface area (Å²) >= 11 is 0. The van der Waals surface area contributed by atoms with Crippen molar-refractivity contribution in [2.45, 2.75) is 19.6 Å². The highest BCUT2D eigenvalue weighted by atomic mass is 19.3. The topological polar surface area (TPSA) is 39.1 Å². The quantitative estimate of drug-likeness (QED) is 0.904. The summed E-state index contributed by atoms with van der Waals surface area (Å²) in [7, 11) is 1.84. The van der Waals surface area contributed by atoms with Crippen LogP contribution in [0.15, 0.2) is 36.7 Å². The van der Waals surface area contributed by atoms with E-state index in [4.69, 9.17) is 0 Å². The van der Waals surface area contributed by atoms with E-state index in [9.17, 15) is 8.78 Å². The van der Waals surface area contributed by atoms with E-state index in [0.29, 0.717) is 0 Å². The molecule has 1 aromatic heterocycles. The van der Waals surface area contributed by atoms with Crippen molar-refractivity contribution in [1.82, 2.24) is 9.78 Å². The van der Waals surface area contributed by atoms with Gasteiger partial charge in [-0.3, -0.25) is 4.68 Å². The second kappa shape index (κ2) is 5.69. The predicted molar refractivity (Wildman–Crippen MR) is 68.3 cm³/mol. The third-order valence-corrected chi connectivity index (χ3v) is 2.67. The van der Waals surface area contributed by atoms with Gasteiger partial charge >= 0.3 is 6.61 Å². The van der Waals surface area contributed by atoms with Crippen LogP contribution in [0.2, 0.25) is 0 Å². The molecule has 4 nitrogen and oxygen atoms in total. The SMILES string of the molecule is CC(Nc1cccc(OC(F)F)c1)c1cnn(C)c1. The van der Waals surface area contributed by atoms with Gasteiger partial charge in [0.2, 0.25) is 0 Å². The molecule has 0 aliphatic carbocycles. The van der Waals surface area contributed by atoms with Crippen molar-refractivity contribution in [3.63, 3.8) is 0 Å². The average molecular weight is 267 g/mol. The zero-order valence-corrected chi connectivity index (χ0v) is 10.7. The first-order valence-electron chi connectivity index (χ1n) is 5.84. The number of benzene rings is 1. The molecule has 1 heterocycles. The van der Waals surface area contributed by atoms with E-state index in [-0.39, 0.29) is 11.8 Å². The van der Waals surface area contributed by atoms with Crippen molar-refractivity contribution >= 4 is 5.69 Å². The summed E-state index contributed by atoms with van der Waals surface area (Å²) in [5.74, 6) is 0.137. The number of rotatable bonds is 5. The second-order valence-electron chi connectivity index (χ2n) is 4.22. The number of nitrogens with zero attached hydrogens (tertiary/aromatic N) is 2. The van der Waals surface area contributed by atoms with Crippen LogP contribution < -0.4 is 10.1 Å². The molecule has 0 amide bonds. The van der Waals surface area contributed by atoms with Gasteiger partial charge < -0.3 is 10.1 Å². The summed E-state index contributed by atoms with van der Waals surface area (Å²) in [6.45, 7) is -0.844. The number of anilines is 1. The summed E-state index contributed by atoms with van der Waals surface area (Å²) in [5.41, 5.74) is 1.73. The molecule has 1 unspecified atom stereocenters. The number of aromatic nitrogens is 2. The van der Waals surface area contributed by atoms with E-state index in [1.165, 1.54) is 6.07 Å². The minimum atomic E-state index is -2.81. The van der Waals surface area contributed by atoms with Gasteiger partial charge in [0.05, 0.1) is 12.2 Å². The molecule has 0 aliphatic heterocycles. The molecule has 6 heteroatoms. The van der Waals surface area contributed by atoms with Gasteiger partial charge in [0, 0.05) is 30.6 Å². The number of hydrogen-bond donors (Lipinski definition) is 1. The second-order valence-corrected chi connectivity index (χ2v) is 4.22. The molecule has 0 aliphatic rings. The minimum absolute atomic E-state index is 0.0236. The van der Waals surface area contributed by atoms with Crippen molar-refractivity contribution in [2.75, 3.05) is 5.32 Å². The van der Waals surface area contributed by atoms with Gasteiger partial charge in [-0.1, -0.05) is 6.07 Å². The van der Waals surface area contributed by atoms with Gasteiger partial charge in [0.15, 0.2) is 0 Å². The van der Waals surface area contributed by atoms with Crippen molar-refractivity contribution < 1.29 is 13.5 Å². The fourth-order valence-corrected chi connectivity index (χ4v) is 1.76. The first-order valence-corrected chi connectivity index (χ1v) is 5.84.